The molecule has 0 bridgehead atoms. The van der Waals surface area contributed by atoms with Gasteiger partial charge in [-0.15, -0.1) is 0 Å². The van der Waals surface area contributed by atoms with Crippen molar-refractivity contribution in [1.82, 2.24) is 10.2 Å². The smallest absolute Gasteiger partial charge is 0.306 e. The number of esters is 1. The van der Waals surface area contributed by atoms with Crippen molar-refractivity contribution < 1.29 is 19.1 Å². The second-order valence-corrected chi connectivity index (χ2v) is 6.35. The molecule has 0 spiro atoms. The van der Waals surface area contributed by atoms with Gasteiger partial charge in [0.15, 0.2) is 0 Å². The molecular formula is C16H26N2O4. The van der Waals surface area contributed by atoms with Crippen molar-refractivity contribution in [2.75, 3.05) is 20.2 Å². The highest BCUT2D eigenvalue weighted by Crippen LogP contribution is 2.26. The van der Waals surface area contributed by atoms with E-state index in [0.29, 0.717) is 18.9 Å². The molecule has 1 heterocycles. The first-order valence-corrected chi connectivity index (χ1v) is 8.22. The second kappa shape index (κ2) is 8.15. The zero-order chi connectivity index (χ0) is 15.9. The number of methoxy groups -OCH3 is 1. The lowest BCUT2D eigenvalue weighted by molar-refractivity contribution is -0.142. The Morgan fingerprint density at radius 2 is 1.95 bits per heavy atom. The summed E-state index contributed by atoms with van der Waals surface area (Å²) in [6, 6.07) is -0.124. The third-order valence-electron chi connectivity index (χ3n) is 4.57. The van der Waals surface area contributed by atoms with Gasteiger partial charge in [-0.2, -0.15) is 0 Å². The van der Waals surface area contributed by atoms with Crippen LogP contribution in [-0.4, -0.2) is 48.9 Å². The lowest BCUT2D eigenvalue weighted by Gasteiger charge is -2.27. The zero-order valence-corrected chi connectivity index (χ0v) is 13.3. The number of carbonyl (C=O) groups is 3. The van der Waals surface area contributed by atoms with E-state index in [0.717, 1.165) is 6.54 Å². The lowest BCUT2D eigenvalue weighted by Crippen LogP contribution is -2.38. The lowest BCUT2D eigenvalue weighted by atomic mass is 9.89. The molecule has 0 unspecified atom stereocenters. The first-order chi connectivity index (χ1) is 10.6. The van der Waals surface area contributed by atoms with Crippen LogP contribution in [0.3, 0.4) is 0 Å². The van der Waals surface area contributed by atoms with Crippen molar-refractivity contribution in [2.24, 2.45) is 5.92 Å². The van der Waals surface area contributed by atoms with Crippen molar-refractivity contribution in [3.63, 3.8) is 0 Å². The topological polar surface area (TPSA) is 75.7 Å². The van der Waals surface area contributed by atoms with Crippen molar-refractivity contribution in [1.29, 1.82) is 0 Å². The maximum absolute atomic E-state index is 12.1. The first kappa shape index (κ1) is 16.8. The zero-order valence-electron chi connectivity index (χ0n) is 13.3. The van der Waals surface area contributed by atoms with Crippen LogP contribution in [0, 0.1) is 5.92 Å². The normalized spacial score (nSPS) is 22.7. The predicted molar refractivity (Wildman–Crippen MR) is 81.0 cm³/mol. The van der Waals surface area contributed by atoms with Gasteiger partial charge in [-0.25, -0.2) is 0 Å². The van der Waals surface area contributed by atoms with Crippen LogP contribution in [0.5, 0.6) is 0 Å². The summed E-state index contributed by atoms with van der Waals surface area (Å²) in [4.78, 5) is 36.7. The van der Waals surface area contributed by atoms with Gasteiger partial charge in [0.1, 0.15) is 0 Å². The molecule has 1 aliphatic carbocycles. The average molecular weight is 310 g/mol. The van der Waals surface area contributed by atoms with Gasteiger partial charge in [0.25, 0.3) is 0 Å². The minimum Gasteiger partial charge on any atom is -0.469 e. The fraction of sp³-hybridized carbons (Fsp3) is 0.812. The van der Waals surface area contributed by atoms with E-state index < -0.39 is 5.97 Å². The second-order valence-electron chi connectivity index (χ2n) is 6.35. The van der Waals surface area contributed by atoms with Crippen LogP contribution in [0.25, 0.3) is 0 Å². The van der Waals surface area contributed by atoms with Gasteiger partial charge in [0, 0.05) is 25.9 Å². The third kappa shape index (κ3) is 5.00. The molecule has 1 aliphatic heterocycles. The molecule has 0 aromatic heterocycles. The summed E-state index contributed by atoms with van der Waals surface area (Å²) in [7, 11) is 1.30. The number of hydrogen-bond acceptors (Lipinski definition) is 4. The molecule has 2 rings (SSSR count). The van der Waals surface area contributed by atoms with E-state index in [1.807, 2.05) is 4.90 Å². The minimum absolute atomic E-state index is 0.0782. The number of ether oxygens (including phenoxy) is 1. The fourth-order valence-electron chi connectivity index (χ4n) is 3.34. The van der Waals surface area contributed by atoms with Crippen LogP contribution in [0.2, 0.25) is 0 Å². The molecule has 1 atom stereocenters. The Bertz CT molecular complexity index is 418. The molecule has 1 N–H and O–H groups in total. The van der Waals surface area contributed by atoms with E-state index in [-0.39, 0.29) is 30.7 Å². The van der Waals surface area contributed by atoms with Crippen molar-refractivity contribution in [3.05, 3.63) is 0 Å². The number of nitrogens with zero attached hydrogens (tertiary/aromatic N) is 1. The molecule has 2 amide bonds. The molecular weight excluding hydrogens is 284 g/mol. The highest BCUT2D eigenvalue weighted by atomic mass is 16.5. The van der Waals surface area contributed by atoms with Crippen molar-refractivity contribution in [3.8, 4) is 0 Å². The highest BCUT2D eigenvalue weighted by molar-refractivity contribution is 5.84. The van der Waals surface area contributed by atoms with Crippen LogP contribution < -0.4 is 5.32 Å². The Hall–Kier alpha value is -1.59. The maximum atomic E-state index is 12.1. The van der Waals surface area contributed by atoms with E-state index >= 15 is 0 Å². The standard InChI is InChI=1S/C16H26N2O4/c1-22-16(21)8-7-14(19)17-13-9-15(20)18(11-13)10-12-5-3-2-4-6-12/h12-13H,2-11H2,1H3,(H,17,19)/t13-/m1/s1. The molecule has 2 fully saturated rings. The van der Waals surface area contributed by atoms with E-state index in [1.165, 1.54) is 39.2 Å². The van der Waals surface area contributed by atoms with Crippen molar-refractivity contribution in [2.45, 2.75) is 57.4 Å². The van der Waals surface area contributed by atoms with Gasteiger partial charge in [0.2, 0.25) is 11.8 Å². The van der Waals surface area contributed by atoms with Crippen LogP contribution >= 0.6 is 0 Å². The predicted octanol–water partition coefficient (Wildman–Crippen LogP) is 1.24. The number of amides is 2. The van der Waals surface area contributed by atoms with E-state index in [9.17, 15) is 14.4 Å². The summed E-state index contributed by atoms with van der Waals surface area (Å²) in [6.07, 6.45) is 6.81. The molecule has 22 heavy (non-hydrogen) atoms. The van der Waals surface area contributed by atoms with E-state index in [1.54, 1.807) is 0 Å². The number of carbonyl (C=O) groups excluding carboxylic acids is 3. The minimum atomic E-state index is -0.392. The maximum Gasteiger partial charge on any atom is 0.306 e. The number of hydrogen-bond donors (Lipinski definition) is 1. The Kier molecular flexibility index (Phi) is 6.21. The summed E-state index contributed by atoms with van der Waals surface area (Å²) in [5.74, 6) is 0.162. The highest BCUT2D eigenvalue weighted by Gasteiger charge is 2.32. The summed E-state index contributed by atoms with van der Waals surface area (Å²) >= 11 is 0. The van der Waals surface area contributed by atoms with Crippen LogP contribution in [0.15, 0.2) is 0 Å². The van der Waals surface area contributed by atoms with E-state index in [2.05, 4.69) is 10.1 Å². The Morgan fingerprint density at radius 1 is 1.23 bits per heavy atom. The quantitative estimate of drug-likeness (QED) is 0.749. The molecule has 0 radical (unpaired) electrons. The molecule has 6 heteroatoms. The average Bonchev–Trinajstić information content (AvgIpc) is 2.85. The SMILES string of the molecule is COC(=O)CCC(=O)N[C@@H]1CC(=O)N(CC2CCCCC2)C1. The van der Waals surface area contributed by atoms with Crippen LogP contribution in [0.4, 0.5) is 0 Å². The van der Waals surface area contributed by atoms with Gasteiger partial charge < -0.3 is 15.0 Å². The Balaban J connectivity index is 1.71. The molecule has 1 saturated heterocycles. The van der Waals surface area contributed by atoms with E-state index in [4.69, 9.17) is 0 Å². The molecule has 124 valence electrons. The third-order valence-corrected chi connectivity index (χ3v) is 4.57. The summed E-state index contributed by atoms with van der Waals surface area (Å²) in [5, 5.41) is 2.85. The fourth-order valence-corrected chi connectivity index (χ4v) is 3.34. The molecule has 1 saturated carbocycles. The van der Waals surface area contributed by atoms with Gasteiger partial charge >= 0.3 is 5.97 Å². The molecule has 2 aliphatic rings. The number of nitrogens with one attached hydrogen (secondary N) is 1. The Labute approximate surface area is 131 Å². The monoisotopic (exact) mass is 310 g/mol. The number of likely N-dealkylation sites (tertiary alicyclic amines) is 1. The number of rotatable bonds is 6. The summed E-state index contributed by atoms with van der Waals surface area (Å²) < 4.78 is 4.51. The van der Waals surface area contributed by atoms with Gasteiger partial charge in [-0.1, -0.05) is 19.3 Å². The van der Waals surface area contributed by atoms with Gasteiger partial charge in [-0.3, -0.25) is 14.4 Å². The molecule has 0 aromatic rings. The largest absolute Gasteiger partial charge is 0.469 e. The van der Waals surface area contributed by atoms with Crippen molar-refractivity contribution >= 4 is 17.8 Å². The summed E-state index contributed by atoms with van der Waals surface area (Å²) in [6.45, 7) is 1.42. The van der Waals surface area contributed by atoms with Crippen LogP contribution in [0.1, 0.15) is 51.4 Å². The first-order valence-electron chi connectivity index (χ1n) is 8.22. The van der Waals surface area contributed by atoms with Gasteiger partial charge in [-0.05, 0) is 18.8 Å². The molecule has 6 nitrogen and oxygen atoms in total. The van der Waals surface area contributed by atoms with Gasteiger partial charge in [0.05, 0.1) is 19.6 Å². The van der Waals surface area contributed by atoms with Crippen LogP contribution in [-0.2, 0) is 19.1 Å². The Morgan fingerprint density at radius 3 is 2.64 bits per heavy atom. The summed E-state index contributed by atoms with van der Waals surface area (Å²) in [5.41, 5.74) is 0. The molecule has 0 aromatic carbocycles.